The van der Waals surface area contributed by atoms with Gasteiger partial charge in [-0.1, -0.05) is 25.1 Å². The predicted molar refractivity (Wildman–Crippen MR) is 84.4 cm³/mol. The minimum Gasteiger partial charge on any atom is -0.459 e. The molecule has 0 saturated carbocycles. The van der Waals surface area contributed by atoms with E-state index in [4.69, 9.17) is 4.42 Å². The highest BCUT2D eigenvalue weighted by Crippen LogP contribution is 2.24. The summed E-state index contributed by atoms with van der Waals surface area (Å²) in [5, 5.41) is 8.18. The van der Waals surface area contributed by atoms with Gasteiger partial charge in [0, 0.05) is 23.3 Å². The lowest BCUT2D eigenvalue weighted by Crippen LogP contribution is -2.32. The second-order valence-corrected chi connectivity index (χ2v) is 5.27. The highest BCUT2D eigenvalue weighted by molar-refractivity contribution is 5.83. The average molecular weight is 297 g/mol. The van der Waals surface area contributed by atoms with Gasteiger partial charge >= 0.3 is 0 Å². The Morgan fingerprint density at radius 3 is 2.86 bits per heavy atom. The van der Waals surface area contributed by atoms with Crippen LogP contribution in [0.1, 0.15) is 30.7 Å². The van der Waals surface area contributed by atoms with E-state index in [1.54, 1.807) is 17.1 Å². The number of hydrogen-bond acceptors (Lipinski definition) is 3. The van der Waals surface area contributed by atoms with Crippen molar-refractivity contribution >= 4 is 16.9 Å². The first-order valence-electron chi connectivity index (χ1n) is 7.44. The smallest absolute Gasteiger partial charge is 0.245 e. The van der Waals surface area contributed by atoms with Crippen LogP contribution in [0.2, 0.25) is 0 Å². The number of rotatable bonds is 5. The van der Waals surface area contributed by atoms with Crippen molar-refractivity contribution in [3.63, 3.8) is 0 Å². The Kier molecular flexibility index (Phi) is 3.96. The fourth-order valence-electron chi connectivity index (χ4n) is 2.64. The summed E-state index contributed by atoms with van der Waals surface area (Å²) in [6.45, 7) is 4.37. The molecule has 0 aliphatic rings. The number of benzene rings is 1. The summed E-state index contributed by atoms with van der Waals surface area (Å²) < 4.78 is 7.50. The number of carbonyl (C=O) groups excluding carboxylic acids is 1. The molecular formula is C17H19N3O2. The standard InChI is InChI=1S/C17H19N3O2/c1-3-14(20-10-6-9-19-20)17(21)18-11-16-12(2)13-7-4-5-8-15(13)22-16/h4-10,14H,3,11H2,1-2H3,(H,18,21)/t14-/m0/s1. The zero-order valence-corrected chi connectivity index (χ0v) is 12.7. The minimum atomic E-state index is -0.292. The summed E-state index contributed by atoms with van der Waals surface area (Å²) in [4.78, 5) is 12.4. The molecule has 1 N–H and O–H groups in total. The molecule has 1 aromatic carbocycles. The van der Waals surface area contributed by atoms with Gasteiger partial charge in [0.05, 0.1) is 6.54 Å². The predicted octanol–water partition coefficient (Wildman–Crippen LogP) is 3.21. The number of fused-ring (bicyclic) bond motifs is 1. The van der Waals surface area contributed by atoms with Crippen LogP contribution in [0.15, 0.2) is 47.1 Å². The van der Waals surface area contributed by atoms with Crippen molar-refractivity contribution in [1.82, 2.24) is 15.1 Å². The molecule has 0 saturated heterocycles. The number of para-hydroxylation sites is 1. The van der Waals surface area contributed by atoms with Gasteiger partial charge in [0.15, 0.2) is 0 Å². The summed E-state index contributed by atoms with van der Waals surface area (Å²) in [6.07, 6.45) is 4.17. The number of amides is 1. The molecule has 0 aliphatic heterocycles. The van der Waals surface area contributed by atoms with Crippen LogP contribution in [-0.4, -0.2) is 15.7 Å². The van der Waals surface area contributed by atoms with Crippen LogP contribution in [-0.2, 0) is 11.3 Å². The van der Waals surface area contributed by atoms with Gasteiger partial charge in [0.25, 0.3) is 0 Å². The van der Waals surface area contributed by atoms with Crippen LogP contribution in [0.5, 0.6) is 0 Å². The number of nitrogens with one attached hydrogen (secondary N) is 1. The van der Waals surface area contributed by atoms with Gasteiger partial charge in [-0.25, -0.2) is 0 Å². The molecule has 0 bridgehead atoms. The average Bonchev–Trinajstić information content (AvgIpc) is 3.15. The second-order valence-electron chi connectivity index (χ2n) is 5.27. The topological polar surface area (TPSA) is 60.1 Å². The quantitative estimate of drug-likeness (QED) is 0.786. The highest BCUT2D eigenvalue weighted by Gasteiger charge is 2.19. The zero-order valence-electron chi connectivity index (χ0n) is 12.7. The van der Waals surface area contributed by atoms with Gasteiger partial charge in [-0.3, -0.25) is 9.48 Å². The Morgan fingerprint density at radius 2 is 2.18 bits per heavy atom. The maximum atomic E-state index is 12.4. The van der Waals surface area contributed by atoms with E-state index in [1.807, 2.05) is 44.2 Å². The van der Waals surface area contributed by atoms with Gasteiger partial charge in [-0.05, 0) is 25.5 Å². The summed E-state index contributed by atoms with van der Waals surface area (Å²) >= 11 is 0. The molecule has 0 unspecified atom stereocenters. The molecule has 0 fully saturated rings. The molecule has 1 amide bonds. The fourth-order valence-corrected chi connectivity index (χ4v) is 2.64. The van der Waals surface area contributed by atoms with Crippen molar-refractivity contribution in [1.29, 1.82) is 0 Å². The SMILES string of the molecule is CC[C@@H](C(=O)NCc1oc2ccccc2c1C)n1cccn1. The molecule has 0 spiro atoms. The molecule has 3 rings (SSSR count). The third-order valence-electron chi connectivity index (χ3n) is 3.90. The van der Waals surface area contributed by atoms with Crippen molar-refractivity contribution in [2.24, 2.45) is 0 Å². The summed E-state index contributed by atoms with van der Waals surface area (Å²) in [7, 11) is 0. The molecule has 0 aliphatic carbocycles. The summed E-state index contributed by atoms with van der Waals surface area (Å²) in [6, 6.07) is 9.42. The molecule has 0 radical (unpaired) electrons. The normalized spacial score (nSPS) is 12.5. The van der Waals surface area contributed by atoms with Crippen molar-refractivity contribution in [2.45, 2.75) is 32.9 Å². The third kappa shape index (κ3) is 2.62. The van der Waals surface area contributed by atoms with Gasteiger partial charge in [-0.15, -0.1) is 0 Å². The molecule has 5 nitrogen and oxygen atoms in total. The lowest BCUT2D eigenvalue weighted by molar-refractivity contribution is -0.125. The Bertz CT molecular complexity index is 774. The first-order chi connectivity index (χ1) is 10.7. The van der Waals surface area contributed by atoms with Crippen LogP contribution in [0, 0.1) is 6.92 Å². The lowest BCUT2D eigenvalue weighted by Gasteiger charge is -2.15. The van der Waals surface area contributed by atoms with Crippen LogP contribution in [0.4, 0.5) is 0 Å². The molecule has 3 aromatic rings. The Balaban J connectivity index is 1.73. The number of aromatic nitrogens is 2. The van der Waals surface area contributed by atoms with E-state index in [9.17, 15) is 4.79 Å². The molecule has 1 atom stereocenters. The van der Waals surface area contributed by atoms with Crippen molar-refractivity contribution < 1.29 is 9.21 Å². The Morgan fingerprint density at radius 1 is 1.36 bits per heavy atom. The highest BCUT2D eigenvalue weighted by atomic mass is 16.3. The lowest BCUT2D eigenvalue weighted by atomic mass is 10.1. The van der Waals surface area contributed by atoms with Crippen LogP contribution >= 0.6 is 0 Å². The number of furan rings is 1. The van der Waals surface area contributed by atoms with Gasteiger partial charge in [0.1, 0.15) is 17.4 Å². The Labute approximate surface area is 128 Å². The van der Waals surface area contributed by atoms with Crippen LogP contribution in [0.3, 0.4) is 0 Å². The van der Waals surface area contributed by atoms with Gasteiger partial charge in [0.2, 0.25) is 5.91 Å². The van der Waals surface area contributed by atoms with E-state index in [0.717, 1.165) is 22.3 Å². The molecule has 5 heteroatoms. The first kappa shape index (κ1) is 14.4. The largest absolute Gasteiger partial charge is 0.459 e. The van der Waals surface area contributed by atoms with Crippen molar-refractivity contribution in [3.8, 4) is 0 Å². The van der Waals surface area contributed by atoms with Crippen LogP contribution < -0.4 is 5.32 Å². The number of hydrogen-bond donors (Lipinski definition) is 1. The molecule has 114 valence electrons. The number of nitrogens with zero attached hydrogens (tertiary/aromatic N) is 2. The zero-order chi connectivity index (χ0) is 15.5. The fraction of sp³-hybridized carbons (Fsp3) is 0.294. The van der Waals surface area contributed by atoms with E-state index >= 15 is 0 Å². The van der Waals surface area contributed by atoms with E-state index in [1.165, 1.54) is 0 Å². The molecular weight excluding hydrogens is 278 g/mol. The van der Waals surface area contributed by atoms with Crippen molar-refractivity contribution in [3.05, 3.63) is 54.0 Å². The molecule has 22 heavy (non-hydrogen) atoms. The molecule has 2 aromatic heterocycles. The maximum absolute atomic E-state index is 12.4. The van der Waals surface area contributed by atoms with E-state index in [0.29, 0.717) is 13.0 Å². The van der Waals surface area contributed by atoms with E-state index in [-0.39, 0.29) is 11.9 Å². The third-order valence-corrected chi connectivity index (χ3v) is 3.90. The summed E-state index contributed by atoms with van der Waals surface area (Å²) in [5.74, 6) is 0.746. The molecule has 2 heterocycles. The first-order valence-corrected chi connectivity index (χ1v) is 7.44. The van der Waals surface area contributed by atoms with Gasteiger partial charge in [-0.2, -0.15) is 5.10 Å². The monoisotopic (exact) mass is 297 g/mol. The minimum absolute atomic E-state index is 0.0499. The van der Waals surface area contributed by atoms with E-state index < -0.39 is 0 Å². The number of carbonyl (C=O) groups is 1. The van der Waals surface area contributed by atoms with Gasteiger partial charge < -0.3 is 9.73 Å². The number of aryl methyl sites for hydroxylation is 1. The van der Waals surface area contributed by atoms with E-state index in [2.05, 4.69) is 10.4 Å². The summed E-state index contributed by atoms with van der Waals surface area (Å²) in [5.41, 5.74) is 1.92. The maximum Gasteiger partial charge on any atom is 0.245 e. The van der Waals surface area contributed by atoms with Crippen molar-refractivity contribution in [2.75, 3.05) is 0 Å². The second kappa shape index (κ2) is 6.05. The Hall–Kier alpha value is -2.56. The van der Waals surface area contributed by atoms with Crippen LogP contribution in [0.25, 0.3) is 11.0 Å².